The standard InChI is InChI=1S/C23H22N2O6S/c1-25(32(27,28)20-10-8-19(29-2)9-11-20)18-6-3-16(4-7-18)23(26)24-17-5-12-21-22(15-17)31-14-13-30-21/h3-12,15H,13-14H2,1-2H3,(H,24,26). The van der Waals surface area contributed by atoms with Crippen molar-refractivity contribution in [3.63, 3.8) is 0 Å². The second-order valence-electron chi connectivity index (χ2n) is 7.01. The molecule has 1 aliphatic rings. The van der Waals surface area contributed by atoms with Crippen LogP contribution in [0.1, 0.15) is 10.4 Å². The number of hydrogen-bond acceptors (Lipinski definition) is 6. The molecule has 0 radical (unpaired) electrons. The molecule has 1 N–H and O–H groups in total. The van der Waals surface area contributed by atoms with Gasteiger partial charge in [-0.25, -0.2) is 8.42 Å². The Hall–Kier alpha value is -3.72. The zero-order valence-electron chi connectivity index (χ0n) is 17.6. The number of amides is 1. The van der Waals surface area contributed by atoms with Crippen LogP contribution in [0.2, 0.25) is 0 Å². The number of benzene rings is 3. The summed E-state index contributed by atoms with van der Waals surface area (Å²) >= 11 is 0. The van der Waals surface area contributed by atoms with Crippen LogP contribution in [0, 0.1) is 0 Å². The van der Waals surface area contributed by atoms with E-state index < -0.39 is 10.0 Å². The molecule has 1 aliphatic heterocycles. The van der Waals surface area contributed by atoms with Crippen LogP contribution >= 0.6 is 0 Å². The number of anilines is 2. The first-order valence-corrected chi connectivity index (χ1v) is 11.3. The molecule has 3 aromatic rings. The second kappa shape index (κ2) is 8.80. The maximum Gasteiger partial charge on any atom is 0.264 e. The number of hydrogen-bond donors (Lipinski definition) is 1. The molecular formula is C23H22N2O6S. The normalized spacial score (nSPS) is 12.7. The van der Waals surface area contributed by atoms with E-state index in [0.29, 0.717) is 47.4 Å². The number of nitrogens with one attached hydrogen (secondary N) is 1. The predicted octanol–water partition coefficient (Wildman–Crippen LogP) is 3.54. The zero-order chi connectivity index (χ0) is 22.7. The van der Waals surface area contributed by atoms with Crippen molar-refractivity contribution >= 4 is 27.3 Å². The predicted molar refractivity (Wildman–Crippen MR) is 120 cm³/mol. The highest BCUT2D eigenvalue weighted by molar-refractivity contribution is 7.92. The maximum atomic E-state index is 12.9. The molecule has 0 aromatic heterocycles. The van der Waals surface area contributed by atoms with Crippen molar-refractivity contribution in [2.24, 2.45) is 0 Å². The largest absolute Gasteiger partial charge is 0.497 e. The number of carbonyl (C=O) groups is 1. The van der Waals surface area contributed by atoms with Crippen molar-refractivity contribution in [2.45, 2.75) is 4.90 Å². The van der Waals surface area contributed by atoms with Crippen LogP contribution in [0.3, 0.4) is 0 Å². The van der Waals surface area contributed by atoms with Gasteiger partial charge in [0.1, 0.15) is 19.0 Å². The highest BCUT2D eigenvalue weighted by Gasteiger charge is 2.22. The summed E-state index contributed by atoms with van der Waals surface area (Å²) in [5.74, 6) is 1.46. The Morgan fingerprint density at radius 1 is 0.938 bits per heavy atom. The van der Waals surface area contributed by atoms with Crippen molar-refractivity contribution in [1.82, 2.24) is 0 Å². The van der Waals surface area contributed by atoms with Gasteiger partial charge in [-0.3, -0.25) is 9.10 Å². The van der Waals surface area contributed by atoms with E-state index in [1.165, 1.54) is 26.3 Å². The number of ether oxygens (including phenoxy) is 3. The lowest BCUT2D eigenvalue weighted by Crippen LogP contribution is -2.26. The Balaban J connectivity index is 1.47. The monoisotopic (exact) mass is 454 g/mol. The Bertz CT molecular complexity index is 1220. The number of carbonyl (C=O) groups excluding carboxylic acids is 1. The molecular weight excluding hydrogens is 432 g/mol. The summed E-state index contributed by atoms with van der Waals surface area (Å²) < 4.78 is 43.0. The van der Waals surface area contributed by atoms with Crippen LogP contribution < -0.4 is 23.8 Å². The summed E-state index contributed by atoms with van der Waals surface area (Å²) in [6.07, 6.45) is 0. The van der Waals surface area contributed by atoms with E-state index in [2.05, 4.69) is 5.32 Å². The molecule has 4 rings (SSSR count). The van der Waals surface area contributed by atoms with Gasteiger partial charge in [-0.05, 0) is 60.7 Å². The molecule has 3 aromatic carbocycles. The van der Waals surface area contributed by atoms with Crippen LogP contribution in [0.5, 0.6) is 17.2 Å². The molecule has 9 heteroatoms. The molecule has 0 bridgehead atoms. The van der Waals surface area contributed by atoms with Crippen molar-refractivity contribution in [2.75, 3.05) is 37.0 Å². The number of sulfonamides is 1. The van der Waals surface area contributed by atoms with Gasteiger partial charge in [0.2, 0.25) is 0 Å². The smallest absolute Gasteiger partial charge is 0.264 e. The van der Waals surface area contributed by atoms with Gasteiger partial charge in [-0.15, -0.1) is 0 Å². The van der Waals surface area contributed by atoms with Crippen molar-refractivity contribution in [1.29, 1.82) is 0 Å². The van der Waals surface area contributed by atoms with Crippen LogP contribution in [0.25, 0.3) is 0 Å². The Kier molecular flexibility index (Phi) is 5.91. The fraction of sp³-hybridized carbons (Fsp3) is 0.174. The van der Waals surface area contributed by atoms with E-state index >= 15 is 0 Å². The van der Waals surface area contributed by atoms with Crippen LogP contribution in [-0.4, -0.2) is 41.7 Å². The minimum atomic E-state index is -3.76. The summed E-state index contributed by atoms with van der Waals surface area (Å²) in [6.45, 7) is 0.951. The molecule has 0 atom stereocenters. The first kappa shape index (κ1) is 21.5. The maximum absolute atomic E-state index is 12.9. The minimum absolute atomic E-state index is 0.140. The first-order valence-electron chi connectivity index (χ1n) is 9.82. The Morgan fingerprint density at radius 3 is 2.25 bits per heavy atom. The highest BCUT2D eigenvalue weighted by atomic mass is 32.2. The average Bonchev–Trinajstić information content (AvgIpc) is 2.83. The van der Waals surface area contributed by atoms with E-state index in [1.54, 1.807) is 54.6 Å². The molecule has 0 unspecified atom stereocenters. The quantitative estimate of drug-likeness (QED) is 0.612. The summed E-state index contributed by atoms with van der Waals surface area (Å²) in [5.41, 5.74) is 1.39. The molecule has 0 saturated carbocycles. The lowest BCUT2D eigenvalue weighted by atomic mass is 10.2. The molecule has 1 amide bonds. The molecule has 0 spiro atoms. The molecule has 166 valence electrons. The van der Waals surface area contributed by atoms with Crippen molar-refractivity contribution in [3.05, 3.63) is 72.3 Å². The third-order valence-electron chi connectivity index (χ3n) is 5.01. The van der Waals surface area contributed by atoms with Crippen LogP contribution in [0.15, 0.2) is 71.6 Å². The molecule has 1 heterocycles. The summed E-state index contributed by atoms with van der Waals surface area (Å²) in [7, 11) is -0.779. The molecule has 0 aliphatic carbocycles. The van der Waals surface area contributed by atoms with Gasteiger partial charge in [-0.1, -0.05) is 0 Å². The minimum Gasteiger partial charge on any atom is -0.497 e. The topological polar surface area (TPSA) is 94.2 Å². The fourth-order valence-electron chi connectivity index (χ4n) is 3.19. The third kappa shape index (κ3) is 4.33. The van der Waals surface area contributed by atoms with E-state index in [9.17, 15) is 13.2 Å². The van der Waals surface area contributed by atoms with E-state index in [0.717, 1.165) is 4.31 Å². The summed E-state index contributed by atoms with van der Waals surface area (Å²) in [5, 5.41) is 2.81. The molecule has 8 nitrogen and oxygen atoms in total. The Labute approximate surface area is 186 Å². The van der Waals surface area contributed by atoms with Gasteiger partial charge in [0.05, 0.1) is 17.7 Å². The van der Waals surface area contributed by atoms with E-state index in [1.807, 2.05) is 0 Å². The number of nitrogens with zero attached hydrogens (tertiary/aromatic N) is 1. The van der Waals surface area contributed by atoms with Crippen molar-refractivity contribution in [3.8, 4) is 17.2 Å². The van der Waals surface area contributed by atoms with E-state index in [4.69, 9.17) is 14.2 Å². The zero-order valence-corrected chi connectivity index (χ0v) is 18.4. The molecule has 0 saturated heterocycles. The highest BCUT2D eigenvalue weighted by Crippen LogP contribution is 2.33. The average molecular weight is 455 g/mol. The third-order valence-corrected chi connectivity index (χ3v) is 6.81. The SMILES string of the molecule is COc1ccc(S(=O)(=O)N(C)c2ccc(C(=O)Nc3ccc4c(c3)OCCO4)cc2)cc1. The summed E-state index contributed by atoms with van der Waals surface area (Å²) in [6, 6.07) is 17.6. The van der Waals surface area contributed by atoms with Gasteiger partial charge in [0, 0.05) is 24.4 Å². The second-order valence-corrected chi connectivity index (χ2v) is 8.98. The van der Waals surface area contributed by atoms with Gasteiger partial charge in [-0.2, -0.15) is 0 Å². The number of fused-ring (bicyclic) bond motifs is 1. The van der Waals surface area contributed by atoms with Crippen LogP contribution in [0.4, 0.5) is 11.4 Å². The van der Waals surface area contributed by atoms with Gasteiger partial charge < -0.3 is 19.5 Å². The van der Waals surface area contributed by atoms with Crippen molar-refractivity contribution < 1.29 is 27.4 Å². The van der Waals surface area contributed by atoms with Crippen LogP contribution in [-0.2, 0) is 10.0 Å². The lowest BCUT2D eigenvalue weighted by molar-refractivity contribution is 0.102. The Morgan fingerprint density at radius 2 is 1.59 bits per heavy atom. The van der Waals surface area contributed by atoms with Gasteiger partial charge >= 0.3 is 0 Å². The number of methoxy groups -OCH3 is 1. The molecule has 0 fully saturated rings. The fourth-order valence-corrected chi connectivity index (χ4v) is 4.39. The summed E-state index contributed by atoms with van der Waals surface area (Å²) in [4.78, 5) is 12.8. The number of rotatable bonds is 6. The lowest BCUT2D eigenvalue weighted by Gasteiger charge is -2.20. The first-order chi connectivity index (χ1) is 15.4. The van der Waals surface area contributed by atoms with Gasteiger partial charge in [0.15, 0.2) is 11.5 Å². The molecule has 32 heavy (non-hydrogen) atoms. The van der Waals surface area contributed by atoms with E-state index in [-0.39, 0.29) is 10.8 Å². The van der Waals surface area contributed by atoms with Gasteiger partial charge in [0.25, 0.3) is 15.9 Å².